The summed E-state index contributed by atoms with van der Waals surface area (Å²) in [6, 6.07) is 6.50. The number of hydrogen-bond acceptors (Lipinski definition) is 3. The smallest absolute Gasteiger partial charge is 0.223 e. The van der Waals surface area contributed by atoms with Gasteiger partial charge in [0.15, 0.2) is 0 Å². The molecular formula is C16H22N2O2. The molecule has 108 valence electrons. The molecule has 0 aliphatic carbocycles. The molecule has 0 saturated carbocycles. The molecule has 1 amide bonds. The number of benzene rings is 1. The molecule has 0 atom stereocenters. The third-order valence-corrected chi connectivity index (χ3v) is 4.21. The van der Waals surface area contributed by atoms with E-state index < -0.39 is 0 Å². The number of nitrogens with one attached hydrogen (secondary N) is 1. The van der Waals surface area contributed by atoms with Crippen LogP contribution < -0.4 is 5.32 Å². The summed E-state index contributed by atoms with van der Waals surface area (Å²) in [7, 11) is 0. The summed E-state index contributed by atoms with van der Waals surface area (Å²) in [6.45, 7) is 4.84. The van der Waals surface area contributed by atoms with Crippen LogP contribution in [-0.4, -0.2) is 43.7 Å². The molecule has 0 unspecified atom stereocenters. The number of amides is 1. The molecule has 1 aromatic carbocycles. The maximum atomic E-state index is 12.2. The zero-order chi connectivity index (χ0) is 13.8. The van der Waals surface area contributed by atoms with E-state index in [1.165, 1.54) is 16.7 Å². The maximum absolute atomic E-state index is 12.2. The number of carbonyl (C=O) groups excluding carboxylic acids is 1. The van der Waals surface area contributed by atoms with Gasteiger partial charge in [-0.1, -0.05) is 18.2 Å². The van der Waals surface area contributed by atoms with Crippen molar-refractivity contribution in [1.82, 2.24) is 10.2 Å². The van der Waals surface area contributed by atoms with Crippen molar-refractivity contribution in [3.8, 4) is 0 Å². The molecule has 0 spiro atoms. The van der Waals surface area contributed by atoms with E-state index in [2.05, 4.69) is 23.5 Å². The minimum atomic E-state index is 0.259. The number of fused-ring (bicyclic) bond motifs is 1. The van der Waals surface area contributed by atoms with Crippen LogP contribution in [0.4, 0.5) is 0 Å². The standard InChI is InChI=1S/C16H22N2O2/c19-16(18-8-10-20-11-9-18)5-4-13-2-1-3-14-6-7-17-12-15(13)14/h1-3,17H,4-12H2. The summed E-state index contributed by atoms with van der Waals surface area (Å²) in [5.41, 5.74) is 4.19. The molecule has 0 radical (unpaired) electrons. The number of hydrogen-bond donors (Lipinski definition) is 1. The summed E-state index contributed by atoms with van der Waals surface area (Å²) in [5, 5.41) is 3.42. The molecule has 1 fully saturated rings. The van der Waals surface area contributed by atoms with Crippen LogP contribution in [0.2, 0.25) is 0 Å². The van der Waals surface area contributed by atoms with Crippen LogP contribution in [0.25, 0.3) is 0 Å². The van der Waals surface area contributed by atoms with Crippen molar-refractivity contribution in [2.24, 2.45) is 0 Å². The lowest BCUT2D eigenvalue weighted by atomic mass is 9.93. The third-order valence-electron chi connectivity index (χ3n) is 4.21. The van der Waals surface area contributed by atoms with E-state index in [0.29, 0.717) is 19.6 Å². The first-order valence-corrected chi connectivity index (χ1v) is 7.50. The van der Waals surface area contributed by atoms with Gasteiger partial charge in [-0.05, 0) is 36.1 Å². The van der Waals surface area contributed by atoms with Gasteiger partial charge in [0.25, 0.3) is 0 Å². The fraction of sp³-hybridized carbons (Fsp3) is 0.562. The largest absolute Gasteiger partial charge is 0.378 e. The molecular weight excluding hydrogens is 252 g/mol. The Morgan fingerprint density at radius 3 is 3.00 bits per heavy atom. The van der Waals surface area contributed by atoms with Crippen molar-refractivity contribution >= 4 is 5.91 Å². The quantitative estimate of drug-likeness (QED) is 0.898. The summed E-state index contributed by atoms with van der Waals surface area (Å²) < 4.78 is 5.28. The van der Waals surface area contributed by atoms with E-state index >= 15 is 0 Å². The molecule has 1 N–H and O–H groups in total. The molecule has 1 saturated heterocycles. The zero-order valence-corrected chi connectivity index (χ0v) is 11.9. The minimum Gasteiger partial charge on any atom is -0.378 e. The Bertz CT molecular complexity index is 481. The van der Waals surface area contributed by atoms with Crippen molar-refractivity contribution in [3.05, 3.63) is 34.9 Å². The summed E-state index contributed by atoms with van der Waals surface area (Å²) in [6.07, 6.45) is 2.55. The van der Waals surface area contributed by atoms with E-state index in [1.807, 2.05) is 4.90 Å². The SMILES string of the molecule is O=C(CCc1cccc2c1CNCC2)N1CCOCC1. The van der Waals surface area contributed by atoms with Gasteiger partial charge in [-0.25, -0.2) is 0 Å². The molecule has 2 aliphatic rings. The van der Waals surface area contributed by atoms with Crippen LogP contribution in [0.15, 0.2) is 18.2 Å². The average molecular weight is 274 g/mol. The molecule has 2 heterocycles. The fourth-order valence-corrected chi connectivity index (χ4v) is 3.03. The van der Waals surface area contributed by atoms with Crippen LogP contribution in [0, 0.1) is 0 Å². The van der Waals surface area contributed by atoms with Crippen molar-refractivity contribution in [3.63, 3.8) is 0 Å². The van der Waals surface area contributed by atoms with Crippen LogP contribution in [-0.2, 0) is 28.9 Å². The fourth-order valence-electron chi connectivity index (χ4n) is 3.03. The highest BCUT2D eigenvalue weighted by molar-refractivity contribution is 5.76. The van der Waals surface area contributed by atoms with Crippen LogP contribution in [0.3, 0.4) is 0 Å². The van der Waals surface area contributed by atoms with Crippen LogP contribution >= 0.6 is 0 Å². The van der Waals surface area contributed by atoms with Gasteiger partial charge < -0.3 is 15.0 Å². The number of rotatable bonds is 3. The lowest BCUT2D eigenvalue weighted by molar-refractivity contribution is -0.135. The van der Waals surface area contributed by atoms with Gasteiger partial charge in [0.1, 0.15) is 0 Å². The highest BCUT2D eigenvalue weighted by Gasteiger charge is 2.18. The van der Waals surface area contributed by atoms with Gasteiger partial charge in [0.05, 0.1) is 13.2 Å². The van der Waals surface area contributed by atoms with E-state index in [1.54, 1.807) is 0 Å². The molecule has 1 aromatic rings. The first-order chi connectivity index (χ1) is 9.84. The van der Waals surface area contributed by atoms with Crippen molar-refractivity contribution in [2.45, 2.75) is 25.8 Å². The Morgan fingerprint density at radius 1 is 1.30 bits per heavy atom. The lowest BCUT2D eigenvalue weighted by Gasteiger charge is -2.27. The van der Waals surface area contributed by atoms with E-state index in [0.717, 1.165) is 39.0 Å². The van der Waals surface area contributed by atoms with Gasteiger partial charge in [-0.3, -0.25) is 4.79 Å². The number of ether oxygens (including phenoxy) is 1. The highest BCUT2D eigenvalue weighted by Crippen LogP contribution is 2.20. The third kappa shape index (κ3) is 3.02. The van der Waals surface area contributed by atoms with Gasteiger partial charge in [0.2, 0.25) is 5.91 Å². The van der Waals surface area contributed by atoms with E-state index in [4.69, 9.17) is 4.74 Å². The predicted octanol–water partition coefficient (Wildman–Crippen LogP) is 1.12. The van der Waals surface area contributed by atoms with E-state index in [9.17, 15) is 4.79 Å². The average Bonchev–Trinajstić information content (AvgIpc) is 2.53. The Labute approximate surface area is 120 Å². The van der Waals surface area contributed by atoms with Crippen LogP contribution in [0.5, 0.6) is 0 Å². The topological polar surface area (TPSA) is 41.6 Å². The number of morpholine rings is 1. The lowest BCUT2D eigenvalue weighted by Crippen LogP contribution is -2.40. The molecule has 4 heteroatoms. The van der Waals surface area contributed by atoms with Crippen molar-refractivity contribution < 1.29 is 9.53 Å². The van der Waals surface area contributed by atoms with Crippen molar-refractivity contribution in [1.29, 1.82) is 0 Å². The van der Waals surface area contributed by atoms with Gasteiger partial charge >= 0.3 is 0 Å². The van der Waals surface area contributed by atoms with E-state index in [-0.39, 0.29) is 5.91 Å². The van der Waals surface area contributed by atoms with Gasteiger partial charge in [-0.2, -0.15) is 0 Å². The normalized spacial score (nSPS) is 18.7. The number of aryl methyl sites for hydroxylation is 1. The Hall–Kier alpha value is -1.39. The first-order valence-electron chi connectivity index (χ1n) is 7.50. The highest BCUT2D eigenvalue weighted by atomic mass is 16.5. The molecule has 3 rings (SSSR count). The Balaban J connectivity index is 1.62. The second kappa shape index (κ2) is 6.37. The maximum Gasteiger partial charge on any atom is 0.223 e. The summed E-state index contributed by atoms with van der Waals surface area (Å²) in [4.78, 5) is 14.1. The zero-order valence-electron chi connectivity index (χ0n) is 11.9. The molecule has 4 nitrogen and oxygen atoms in total. The molecule has 20 heavy (non-hydrogen) atoms. The minimum absolute atomic E-state index is 0.259. The Morgan fingerprint density at radius 2 is 2.15 bits per heavy atom. The van der Waals surface area contributed by atoms with Crippen molar-refractivity contribution in [2.75, 3.05) is 32.8 Å². The first kappa shape index (κ1) is 13.6. The molecule has 0 bridgehead atoms. The predicted molar refractivity (Wildman–Crippen MR) is 77.6 cm³/mol. The monoisotopic (exact) mass is 274 g/mol. The van der Waals surface area contributed by atoms with Gasteiger partial charge in [-0.15, -0.1) is 0 Å². The summed E-state index contributed by atoms with van der Waals surface area (Å²) in [5.74, 6) is 0.259. The Kier molecular flexibility index (Phi) is 4.33. The second-order valence-corrected chi connectivity index (χ2v) is 5.47. The number of nitrogens with zero attached hydrogens (tertiary/aromatic N) is 1. The van der Waals surface area contributed by atoms with Gasteiger partial charge in [0, 0.05) is 26.1 Å². The summed E-state index contributed by atoms with van der Waals surface area (Å²) >= 11 is 0. The number of carbonyl (C=O) groups is 1. The molecule has 2 aliphatic heterocycles. The second-order valence-electron chi connectivity index (χ2n) is 5.47. The van der Waals surface area contributed by atoms with Crippen LogP contribution in [0.1, 0.15) is 23.1 Å². The molecule has 0 aromatic heterocycles.